The molecular weight excluding hydrogens is 755 g/mol. The Bertz CT molecular complexity index is 3740. The zero-order valence-corrected chi connectivity index (χ0v) is 35.0. The number of rotatable bonds is 4. The van der Waals surface area contributed by atoms with Gasteiger partial charge in [0.2, 0.25) is 0 Å². The van der Waals surface area contributed by atoms with E-state index in [1.807, 2.05) is 0 Å². The molecule has 0 bridgehead atoms. The van der Waals surface area contributed by atoms with Crippen LogP contribution in [-0.2, 0) is 0 Å². The number of ether oxygens (including phenoxy) is 1. The maximum absolute atomic E-state index is 6.75. The zero-order chi connectivity index (χ0) is 41.4. The molecule has 4 heterocycles. The third kappa shape index (κ3) is 5.07. The third-order valence-electron chi connectivity index (χ3n) is 13.2. The highest BCUT2D eigenvalue weighted by Crippen LogP contribution is 2.48. The smallest absolute Gasteiger partial charge is 0.152 e. The molecule has 12 aromatic rings. The van der Waals surface area contributed by atoms with Crippen LogP contribution in [0.1, 0.15) is 22.3 Å². The number of nitrogens with zero attached hydrogens (tertiary/aromatic N) is 3. The van der Waals surface area contributed by atoms with Crippen molar-refractivity contribution < 1.29 is 4.74 Å². The van der Waals surface area contributed by atoms with Gasteiger partial charge in [-0.1, -0.05) is 89.0 Å². The Hall–Kier alpha value is -7.82. The van der Waals surface area contributed by atoms with E-state index >= 15 is 0 Å². The fourth-order valence-corrected chi connectivity index (χ4v) is 10.3. The predicted molar refractivity (Wildman–Crippen MR) is 259 cm³/mol. The summed E-state index contributed by atoms with van der Waals surface area (Å²) in [5.74, 6) is 1.73. The first-order valence-electron chi connectivity index (χ1n) is 21.5. The van der Waals surface area contributed by atoms with Crippen LogP contribution in [0.3, 0.4) is 0 Å². The molecule has 1 aliphatic rings. The van der Waals surface area contributed by atoms with Crippen LogP contribution in [-0.4, -0.2) is 13.7 Å². The molecule has 0 unspecified atom stereocenters. The molecule has 0 saturated heterocycles. The molecule has 294 valence electrons. The van der Waals surface area contributed by atoms with Crippen LogP contribution >= 0.6 is 0 Å². The number of aromatic nitrogens is 3. The summed E-state index contributed by atoms with van der Waals surface area (Å²) in [6.07, 6.45) is 0. The molecule has 1 aliphatic heterocycles. The fourth-order valence-electron chi connectivity index (χ4n) is 10.3. The molecule has 9 aromatic carbocycles. The van der Waals surface area contributed by atoms with Crippen molar-refractivity contribution in [3.63, 3.8) is 0 Å². The largest absolute Gasteiger partial charge is 0.453 e. The molecule has 4 nitrogen and oxygen atoms in total. The molecule has 0 fully saturated rings. The second kappa shape index (κ2) is 12.8. The standard InChI is InChI=1S/C58H41N3O/c1-34-9-22-50-44(27-34)45-28-35(2)10-23-51(45)59(50)42-18-13-38(14-19-42)40-17-26-54-48(31-40)49-32-41(33-57-58(49)61(54)55-7-5-6-8-56(55)62-57)39-15-20-43(21-16-39)60-52-24-11-36(3)29-46(52)47-30-37(4)12-25-53(47)60/h5-33H,1-4H3. The van der Waals surface area contributed by atoms with Crippen molar-refractivity contribution in [3.8, 4) is 50.8 Å². The van der Waals surface area contributed by atoms with E-state index in [9.17, 15) is 0 Å². The molecule has 13 rings (SSSR count). The number of benzene rings is 9. The van der Waals surface area contributed by atoms with Gasteiger partial charge in [-0.2, -0.15) is 0 Å². The summed E-state index contributed by atoms with van der Waals surface area (Å²) in [4.78, 5) is 0. The first kappa shape index (κ1) is 35.0. The number of hydrogen-bond acceptors (Lipinski definition) is 1. The van der Waals surface area contributed by atoms with E-state index in [1.54, 1.807) is 0 Å². The van der Waals surface area contributed by atoms with Gasteiger partial charge in [-0.3, -0.25) is 0 Å². The molecule has 3 aromatic heterocycles. The minimum absolute atomic E-state index is 0.859. The van der Waals surface area contributed by atoms with Crippen molar-refractivity contribution in [2.45, 2.75) is 27.7 Å². The topological polar surface area (TPSA) is 24.0 Å². The second-order valence-electron chi connectivity index (χ2n) is 17.4. The Morgan fingerprint density at radius 1 is 0.306 bits per heavy atom. The van der Waals surface area contributed by atoms with Gasteiger partial charge in [0.25, 0.3) is 0 Å². The number of hydrogen-bond donors (Lipinski definition) is 0. The van der Waals surface area contributed by atoms with Gasteiger partial charge in [-0.25, -0.2) is 0 Å². The highest BCUT2D eigenvalue weighted by molar-refractivity contribution is 6.15. The van der Waals surface area contributed by atoms with E-state index in [0.29, 0.717) is 0 Å². The molecule has 62 heavy (non-hydrogen) atoms. The SMILES string of the molecule is Cc1ccc2c(c1)c1cc(C)ccc1n2-c1ccc(-c2ccc3c(c2)c2cc(-c4ccc(-n5c6ccc(C)cc6c6cc(C)ccc65)cc4)cc4c2n3-c2ccccc2O4)cc1. The Balaban J connectivity index is 0.940. The minimum atomic E-state index is 0.859. The summed E-state index contributed by atoms with van der Waals surface area (Å²) in [6, 6.07) is 65.1. The highest BCUT2D eigenvalue weighted by atomic mass is 16.5. The third-order valence-corrected chi connectivity index (χ3v) is 13.2. The van der Waals surface area contributed by atoms with Crippen molar-refractivity contribution in [1.29, 1.82) is 0 Å². The summed E-state index contributed by atoms with van der Waals surface area (Å²) in [5, 5.41) is 7.53. The predicted octanol–water partition coefficient (Wildman–Crippen LogP) is 15.7. The zero-order valence-electron chi connectivity index (χ0n) is 35.0. The van der Waals surface area contributed by atoms with Crippen molar-refractivity contribution in [2.24, 2.45) is 0 Å². The normalized spacial score (nSPS) is 12.3. The Labute approximate surface area is 359 Å². The number of para-hydroxylation sites is 2. The average Bonchev–Trinajstić information content (AvgIpc) is 3.91. The van der Waals surface area contributed by atoms with Crippen LogP contribution in [0.15, 0.2) is 176 Å². The lowest BCUT2D eigenvalue weighted by Crippen LogP contribution is -2.04. The molecule has 0 amide bonds. The van der Waals surface area contributed by atoms with Crippen LogP contribution in [0.5, 0.6) is 11.5 Å². The highest BCUT2D eigenvalue weighted by Gasteiger charge is 2.25. The van der Waals surface area contributed by atoms with E-state index in [2.05, 4.69) is 217 Å². The van der Waals surface area contributed by atoms with Crippen LogP contribution in [0.4, 0.5) is 0 Å². The van der Waals surface area contributed by atoms with Gasteiger partial charge < -0.3 is 18.4 Å². The van der Waals surface area contributed by atoms with E-state index in [0.717, 1.165) is 50.7 Å². The first-order valence-corrected chi connectivity index (χ1v) is 21.5. The van der Waals surface area contributed by atoms with E-state index < -0.39 is 0 Å². The summed E-state index contributed by atoms with van der Waals surface area (Å²) >= 11 is 0. The van der Waals surface area contributed by atoms with Crippen LogP contribution in [0.25, 0.3) is 105 Å². The van der Waals surface area contributed by atoms with Gasteiger partial charge in [-0.05, 0) is 159 Å². The molecule has 0 atom stereocenters. The lowest BCUT2D eigenvalue weighted by molar-refractivity contribution is 0.476. The van der Waals surface area contributed by atoms with Gasteiger partial charge in [0.15, 0.2) is 11.5 Å². The van der Waals surface area contributed by atoms with Crippen molar-refractivity contribution in [2.75, 3.05) is 0 Å². The lowest BCUT2D eigenvalue weighted by Gasteiger charge is -2.21. The summed E-state index contributed by atoms with van der Waals surface area (Å²) in [7, 11) is 0. The van der Waals surface area contributed by atoms with Crippen LogP contribution < -0.4 is 4.74 Å². The quantitative estimate of drug-likeness (QED) is 0.174. The Morgan fingerprint density at radius 2 is 0.710 bits per heavy atom. The van der Waals surface area contributed by atoms with Crippen LogP contribution in [0, 0.1) is 27.7 Å². The maximum Gasteiger partial charge on any atom is 0.152 e. The molecule has 0 N–H and O–H groups in total. The molecule has 0 aliphatic carbocycles. The Kier molecular flexibility index (Phi) is 7.25. The molecular formula is C58H41N3O. The van der Waals surface area contributed by atoms with Gasteiger partial charge >= 0.3 is 0 Å². The minimum Gasteiger partial charge on any atom is -0.453 e. The lowest BCUT2D eigenvalue weighted by atomic mass is 9.99. The average molecular weight is 796 g/mol. The monoisotopic (exact) mass is 795 g/mol. The fraction of sp³-hybridized carbons (Fsp3) is 0.0690. The molecule has 0 radical (unpaired) electrons. The summed E-state index contributed by atoms with van der Waals surface area (Å²) < 4.78 is 13.9. The summed E-state index contributed by atoms with van der Waals surface area (Å²) in [6.45, 7) is 8.69. The molecule has 4 heteroatoms. The van der Waals surface area contributed by atoms with Crippen molar-refractivity contribution in [1.82, 2.24) is 13.7 Å². The van der Waals surface area contributed by atoms with E-state index in [-0.39, 0.29) is 0 Å². The molecule has 0 saturated carbocycles. The van der Waals surface area contributed by atoms with E-state index in [4.69, 9.17) is 4.74 Å². The summed E-state index contributed by atoms with van der Waals surface area (Å²) in [5.41, 5.74) is 20.2. The number of fused-ring (bicyclic) bond motifs is 11. The van der Waals surface area contributed by atoms with Crippen LogP contribution in [0.2, 0.25) is 0 Å². The van der Waals surface area contributed by atoms with E-state index in [1.165, 1.54) is 87.8 Å². The van der Waals surface area contributed by atoms with Crippen molar-refractivity contribution in [3.05, 3.63) is 198 Å². The number of aryl methyl sites for hydroxylation is 4. The van der Waals surface area contributed by atoms with Gasteiger partial charge in [0, 0.05) is 43.7 Å². The van der Waals surface area contributed by atoms with Gasteiger partial charge in [0.1, 0.15) is 0 Å². The Morgan fingerprint density at radius 3 is 1.23 bits per heavy atom. The maximum atomic E-state index is 6.75. The van der Waals surface area contributed by atoms with Gasteiger partial charge in [0.05, 0.1) is 38.8 Å². The molecule has 0 spiro atoms. The van der Waals surface area contributed by atoms with Gasteiger partial charge in [-0.15, -0.1) is 0 Å². The first-order chi connectivity index (χ1) is 30.3. The second-order valence-corrected chi connectivity index (χ2v) is 17.4. The van der Waals surface area contributed by atoms with Crippen molar-refractivity contribution >= 4 is 65.4 Å².